The van der Waals surface area contributed by atoms with Gasteiger partial charge in [-0.15, -0.1) is 0 Å². The van der Waals surface area contributed by atoms with Gasteiger partial charge in [0, 0.05) is 11.0 Å². The largest absolute Gasteiger partial charge is 0.502 e. The van der Waals surface area contributed by atoms with Gasteiger partial charge < -0.3 is 24.1 Å². The molecule has 0 amide bonds. The Morgan fingerprint density at radius 3 is 2.37 bits per heavy atom. The fourth-order valence-electron chi connectivity index (χ4n) is 6.06. The van der Waals surface area contributed by atoms with Gasteiger partial charge >= 0.3 is 0 Å². The van der Waals surface area contributed by atoms with E-state index in [4.69, 9.17) is 13.9 Å². The highest BCUT2D eigenvalue weighted by molar-refractivity contribution is 5.83. The second kappa shape index (κ2) is 5.72. The molecule has 6 rings (SSSR count). The number of phenols is 1. The molecule has 3 saturated carbocycles. The third-order valence-corrected chi connectivity index (χ3v) is 7.52. The zero-order valence-corrected chi connectivity index (χ0v) is 16.8. The Hall–Kier alpha value is -3.15. The van der Waals surface area contributed by atoms with E-state index >= 15 is 0 Å². The Labute approximate surface area is 172 Å². The van der Waals surface area contributed by atoms with Crippen LogP contribution < -0.4 is 14.9 Å². The van der Waals surface area contributed by atoms with E-state index in [9.17, 15) is 15.0 Å². The molecule has 3 aliphatic rings. The minimum atomic E-state index is -0.483. The van der Waals surface area contributed by atoms with Crippen LogP contribution in [-0.4, -0.2) is 24.4 Å². The first-order chi connectivity index (χ1) is 14.5. The predicted octanol–water partition coefficient (Wildman–Crippen LogP) is 4.19. The van der Waals surface area contributed by atoms with Gasteiger partial charge in [-0.05, 0) is 60.4 Å². The van der Waals surface area contributed by atoms with Crippen molar-refractivity contribution in [1.29, 1.82) is 0 Å². The molecule has 6 nitrogen and oxygen atoms in total. The molecule has 1 aromatic heterocycles. The summed E-state index contributed by atoms with van der Waals surface area (Å²) >= 11 is 0. The first-order valence-corrected chi connectivity index (χ1v) is 10.3. The molecule has 3 aromatic rings. The van der Waals surface area contributed by atoms with Crippen molar-refractivity contribution in [3.05, 3.63) is 46.1 Å². The molecule has 3 fully saturated rings. The van der Waals surface area contributed by atoms with Crippen molar-refractivity contribution in [2.45, 2.75) is 24.7 Å². The van der Waals surface area contributed by atoms with Crippen LogP contribution in [-0.2, 0) is 5.41 Å². The third kappa shape index (κ3) is 2.06. The van der Waals surface area contributed by atoms with Crippen LogP contribution in [0.3, 0.4) is 0 Å². The minimum absolute atomic E-state index is 0.0289. The fourth-order valence-corrected chi connectivity index (χ4v) is 6.06. The van der Waals surface area contributed by atoms with Gasteiger partial charge in [0.2, 0.25) is 16.9 Å². The summed E-state index contributed by atoms with van der Waals surface area (Å²) in [6.07, 6.45) is 3.81. The third-order valence-electron chi connectivity index (χ3n) is 7.52. The number of rotatable bonds is 4. The van der Waals surface area contributed by atoms with E-state index in [1.54, 1.807) is 6.07 Å². The van der Waals surface area contributed by atoms with Crippen LogP contribution in [0.15, 0.2) is 39.5 Å². The van der Waals surface area contributed by atoms with E-state index in [1.165, 1.54) is 51.2 Å². The number of phenolic OH excluding ortho intramolecular Hbond substituents is 1. The lowest BCUT2D eigenvalue weighted by Crippen LogP contribution is -2.27. The Morgan fingerprint density at radius 1 is 1.03 bits per heavy atom. The van der Waals surface area contributed by atoms with Crippen molar-refractivity contribution in [2.75, 3.05) is 14.2 Å². The molecular formula is C24H22O6. The van der Waals surface area contributed by atoms with Crippen LogP contribution in [0.25, 0.3) is 22.3 Å². The van der Waals surface area contributed by atoms with Crippen molar-refractivity contribution < 1.29 is 24.1 Å². The molecule has 0 aliphatic heterocycles. The topological polar surface area (TPSA) is 89.1 Å². The first-order valence-electron chi connectivity index (χ1n) is 10.3. The molecule has 1 heterocycles. The lowest BCUT2D eigenvalue weighted by Gasteiger charge is -2.32. The molecule has 2 unspecified atom stereocenters. The van der Waals surface area contributed by atoms with Crippen LogP contribution in [0.2, 0.25) is 0 Å². The molecule has 154 valence electrons. The van der Waals surface area contributed by atoms with Gasteiger partial charge in [0.05, 0.1) is 19.6 Å². The standard InChI is InChI=1S/C24H22O6/c1-28-16-8-11(9-17(29-2)21(16)26)23-22(27)20(25)13-6-5-12(10-15(13)30-23)24-7-3-4-14-18(24)19(14)24/h5-6,8-10,14,18-19,26-27H,3-4,7H2,1-2H3. The Morgan fingerprint density at radius 2 is 1.73 bits per heavy atom. The summed E-state index contributed by atoms with van der Waals surface area (Å²) in [5.41, 5.74) is 1.87. The lowest BCUT2D eigenvalue weighted by molar-refractivity contribution is 0.286. The van der Waals surface area contributed by atoms with Gasteiger partial charge in [0.15, 0.2) is 17.3 Å². The number of hydrogen-bond donors (Lipinski definition) is 2. The van der Waals surface area contributed by atoms with E-state index in [2.05, 4.69) is 0 Å². The molecule has 0 spiro atoms. The van der Waals surface area contributed by atoms with Gasteiger partial charge in [-0.3, -0.25) is 4.79 Å². The summed E-state index contributed by atoms with van der Waals surface area (Å²) in [4.78, 5) is 12.9. The molecule has 0 bridgehead atoms. The maximum atomic E-state index is 12.9. The quantitative estimate of drug-likeness (QED) is 0.676. The van der Waals surface area contributed by atoms with Crippen LogP contribution in [0.4, 0.5) is 0 Å². The first kappa shape index (κ1) is 17.7. The monoisotopic (exact) mass is 406 g/mol. The molecule has 2 aromatic carbocycles. The molecule has 2 N–H and O–H groups in total. The molecule has 3 aliphatic carbocycles. The van der Waals surface area contributed by atoms with Crippen LogP contribution in [0.5, 0.6) is 23.0 Å². The Balaban J connectivity index is 1.52. The Kier molecular flexibility index (Phi) is 3.37. The highest BCUT2D eigenvalue weighted by Crippen LogP contribution is 2.86. The fraction of sp³-hybridized carbons (Fsp3) is 0.375. The number of methoxy groups -OCH3 is 2. The van der Waals surface area contributed by atoms with Crippen molar-refractivity contribution >= 4 is 11.0 Å². The zero-order valence-electron chi connectivity index (χ0n) is 16.8. The van der Waals surface area contributed by atoms with Crippen LogP contribution in [0, 0.1) is 17.8 Å². The van der Waals surface area contributed by atoms with Gasteiger partial charge in [-0.1, -0.05) is 12.5 Å². The highest BCUT2D eigenvalue weighted by atomic mass is 16.5. The molecule has 0 radical (unpaired) electrons. The van der Waals surface area contributed by atoms with Gasteiger partial charge in [-0.2, -0.15) is 0 Å². The van der Waals surface area contributed by atoms with Gasteiger partial charge in [0.1, 0.15) is 5.58 Å². The smallest absolute Gasteiger partial charge is 0.235 e. The lowest BCUT2D eigenvalue weighted by atomic mass is 9.72. The summed E-state index contributed by atoms with van der Waals surface area (Å²) in [7, 11) is 2.83. The molecular weight excluding hydrogens is 384 g/mol. The zero-order chi connectivity index (χ0) is 20.8. The highest BCUT2D eigenvalue weighted by Gasteiger charge is 2.84. The molecule has 6 heteroatoms. The van der Waals surface area contributed by atoms with E-state index in [-0.39, 0.29) is 28.4 Å². The number of ether oxygens (including phenoxy) is 2. The SMILES string of the molecule is COc1cc(-c2oc3cc(C45CCCC6C4C65)ccc3c(=O)c2O)cc(OC)c1O. The van der Waals surface area contributed by atoms with Crippen molar-refractivity contribution in [3.63, 3.8) is 0 Å². The van der Waals surface area contributed by atoms with Gasteiger partial charge in [0.25, 0.3) is 0 Å². The van der Waals surface area contributed by atoms with Crippen LogP contribution >= 0.6 is 0 Å². The summed E-state index contributed by atoms with van der Waals surface area (Å²) in [5, 5.41) is 21.1. The van der Waals surface area contributed by atoms with E-state index in [1.807, 2.05) is 12.1 Å². The number of fused-ring (bicyclic) bond motifs is 3. The molecule has 2 atom stereocenters. The Bertz CT molecular complexity index is 1240. The summed E-state index contributed by atoms with van der Waals surface area (Å²) in [6, 6.07) is 8.79. The van der Waals surface area contributed by atoms with Gasteiger partial charge in [-0.25, -0.2) is 0 Å². The second-order valence-electron chi connectivity index (χ2n) is 8.70. The maximum Gasteiger partial charge on any atom is 0.235 e. The average molecular weight is 406 g/mol. The van der Waals surface area contributed by atoms with Crippen molar-refractivity contribution in [1.82, 2.24) is 0 Å². The molecule has 30 heavy (non-hydrogen) atoms. The number of benzene rings is 2. The summed E-state index contributed by atoms with van der Waals surface area (Å²) in [5.74, 6) is 2.21. The number of hydrogen-bond acceptors (Lipinski definition) is 6. The van der Waals surface area contributed by atoms with E-state index < -0.39 is 11.2 Å². The number of aromatic hydroxyl groups is 2. The average Bonchev–Trinajstić information content (AvgIpc) is 3.68. The van der Waals surface area contributed by atoms with Crippen LogP contribution in [0.1, 0.15) is 24.8 Å². The van der Waals surface area contributed by atoms with E-state index in [0.29, 0.717) is 16.5 Å². The summed E-state index contributed by atoms with van der Waals surface area (Å²) in [6.45, 7) is 0. The van der Waals surface area contributed by atoms with Crippen molar-refractivity contribution in [3.8, 4) is 34.3 Å². The van der Waals surface area contributed by atoms with Crippen molar-refractivity contribution in [2.24, 2.45) is 17.8 Å². The second-order valence-corrected chi connectivity index (χ2v) is 8.70. The minimum Gasteiger partial charge on any atom is -0.502 e. The predicted molar refractivity (Wildman–Crippen MR) is 110 cm³/mol. The maximum absolute atomic E-state index is 12.9. The summed E-state index contributed by atoms with van der Waals surface area (Å²) < 4.78 is 16.4. The molecule has 0 saturated heterocycles. The normalized spacial score (nSPS) is 28.1. The van der Waals surface area contributed by atoms with E-state index in [0.717, 1.165) is 17.8 Å².